The second kappa shape index (κ2) is 4.46. The first-order valence-corrected chi connectivity index (χ1v) is 7.00. The van der Waals surface area contributed by atoms with Gasteiger partial charge in [-0.2, -0.15) is 0 Å². The summed E-state index contributed by atoms with van der Waals surface area (Å²) in [4.78, 5) is 9.52. The van der Waals surface area contributed by atoms with E-state index in [0.717, 1.165) is 31.0 Å². The largest absolute Gasteiger partial charge is 0.337 e. The van der Waals surface area contributed by atoms with Crippen LogP contribution in [0.15, 0.2) is 30.6 Å². The number of aromatic nitrogens is 2. The van der Waals surface area contributed by atoms with Crippen LogP contribution in [0, 0.1) is 11.6 Å². The molecule has 0 amide bonds. The van der Waals surface area contributed by atoms with Gasteiger partial charge >= 0.3 is 0 Å². The Morgan fingerprint density at radius 1 is 1.28 bits per heavy atom. The molecule has 0 aliphatic heterocycles. The van der Waals surface area contributed by atoms with E-state index >= 15 is 0 Å². The van der Waals surface area contributed by atoms with Crippen LogP contribution in [0.4, 0.5) is 0 Å². The van der Waals surface area contributed by atoms with Gasteiger partial charge in [-0.1, -0.05) is 36.0 Å². The Labute approximate surface area is 118 Å². The van der Waals surface area contributed by atoms with Gasteiger partial charge in [0.1, 0.15) is 9.47 Å². The van der Waals surface area contributed by atoms with Crippen LogP contribution in [0.25, 0.3) is 21.3 Å². The summed E-state index contributed by atoms with van der Waals surface area (Å²) >= 11 is 13.0. The van der Waals surface area contributed by atoms with Crippen molar-refractivity contribution >= 4 is 45.4 Å². The average Bonchev–Trinajstić information content (AvgIpc) is 2.68. The van der Waals surface area contributed by atoms with Crippen molar-refractivity contribution in [3.05, 3.63) is 45.1 Å². The summed E-state index contributed by atoms with van der Waals surface area (Å²) in [6.45, 7) is 2.09. The highest BCUT2D eigenvalue weighted by Crippen LogP contribution is 2.37. The van der Waals surface area contributed by atoms with E-state index in [-0.39, 0.29) is 0 Å². The third-order valence-electron chi connectivity index (χ3n) is 2.80. The number of hydrogen-bond donors (Lipinski definition) is 1. The zero-order valence-corrected chi connectivity index (χ0v) is 11.9. The molecule has 2 aromatic heterocycles. The molecule has 0 saturated carbocycles. The molecular weight excluding hydrogens is 284 g/mol. The lowest BCUT2D eigenvalue weighted by atomic mass is 10.0. The van der Waals surface area contributed by atoms with Crippen LogP contribution in [-0.2, 0) is 0 Å². The molecule has 3 aromatic rings. The van der Waals surface area contributed by atoms with E-state index < -0.39 is 0 Å². The van der Waals surface area contributed by atoms with Gasteiger partial charge in [0.15, 0.2) is 0 Å². The van der Waals surface area contributed by atoms with Gasteiger partial charge in [-0.3, -0.25) is 0 Å². The lowest BCUT2D eigenvalue weighted by Gasteiger charge is -2.02. The Morgan fingerprint density at radius 3 is 2.72 bits per heavy atom. The number of thiophene rings is 1. The molecule has 18 heavy (non-hydrogen) atoms. The van der Waals surface area contributed by atoms with Crippen molar-refractivity contribution in [1.29, 1.82) is 0 Å². The normalized spacial score (nSPS) is 11.0. The van der Waals surface area contributed by atoms with Crippen molar-refractivity contribution in [2.45, 2.75) is 6.92 Å². The minimum atomic E-state index is 0.731. The van der Waals surface area contributed by atoms with Gasteiger partial charge in [0.2, 0.25) is 0 Å². The van der Waals surface area contributed by atoms with E-state index in [4.69, 9.17) is 23.8 Å². The van der Waals surface area contributed by atoms with Gasteiger partial charge in [-0.25, -0.2) is 4.98 Å². The Kier molecular flexibility index (Phi) is 2.93. The van der Waals surface area contributed by atoms with Crippen molar-refractivity contribution in [1.82, 2.24) is 9.97 Å². The van der Waals surface area contributed by atoms with Crippen LogP contribution in [0.2, 0.25) is 5.02 Å². The molecule has 90 valence electrons. The van der Waals surface area contributed by atoms with E-state index in [1.54, 1.807) is 17.7 Å². The molecule has 2 nitrogen and oxygen atoms in total. The number of benzene rings is 1. The summed E-state index contributed by atoms with van der Waals surface area (Å²) in [5.41, 5.74) is 2.27. The van der Waals surface area contributed by atoms with Crippen LogP contribution in [-0.4, -0.2) is 9.97 Å². The van der Waals surface area contributed by atoms with Crippen LogP contribution in [0.3, 0.4) is 0 Å². The van der Waals surface area contributed by atoms with Gasteiger partial charge in [-0.05, 0) is 24.6 Å². The van der Waals surface area contributed by atoms with E-state index in [1.165, 1.54) is 4.88 Å². The molecule has 0 bridgehead atoms. The predicted molar refractivity (Wildman–Crippen MR) is 80.0 cm³/mol. The SMILES string of the molecule is Cc1sc2nc[nH]c(=S)c2c1-c1ccc(Cl)cc1. The highest BCUT2D eigenvalue weighted by molar-refractivity contribution is 7.71. The fourth-order valence-electron chi connectivity index (χ4n) is 2.02. The highest BCUT2D eigenvalue weighted by Gasteiger charge is 2.13. The predicted octanol–water partition coefficient (Wildman–Crippen LogP) is 4.98. The first kappa shape index (κ1) is 11.8. The minimum absolute atomic E-state index is 0.731. The van der Waals surface area contributed by atoms with Crippen LogP contribution >= 0.6 is 35.2 Å². The van der Waals surface area contributed by atoms with Crippen molar-refractivity contribution in [2.75, 3.05) is 0 Å². The van der Waals surface area contributed by atoms with E-state index in [2.05, 4.69) is 16.9 Å². The maximum absolute atomic E-state index is 5.93. The van der Waals surface area contributed by atoms with Crippen LogP contribution in [0.5, 0.6) is 0 Å². The minimum Gasteiger partial charge on any atom is -0.337 e. The summed E-state index contributed by atoms with van der Waals surface area (Å²) in [5.74, 6) is 0. The van der Waals surface area contributed by atoms with Crippen molar-refractivity contribution in [3.8, 4) is 11.1 Å². The van der Waals surface area contributed by atoms with Crippen LogP contribution < -0.4 is 0 Å². The number of aryl methyl sites for hydroxylation is 1. The molecule has 0 atom stereocenters. The molecule has 0 saturated heterocycles. The third-order valence-corrected chi connectivity index (χ3v) is 4.39. The first-order chi connectivity index (χ1) is 8.66. The number of fused-ring (bicyclic) bond motifs is 1. The molecular formula is C13H9ClN2S2. The molecule has 3 rings (SSSR count). The molecule has 0 fully saturated rings. The zero-order chi connectivity index (χ0) is 12.7. The van der Waals surface area contributed by atoms with E-state index in [9.17, 15) is 0 Å². The van der Waals surface area contributed by atoms with E-state index in [1.807, 2.05) is 24.3 Å². The fraction of sp³-hybridized carbons (Fsp3) is 0.0769. The van der Waals surface area contributed by atoms with Gasteiger partial charge in [-0.15, -0.1) is 11.3 Å². The average molecular weight is 293 g/mol. The molecule has 1 aromatic carbocycles. The summed E-state index contributed by atoms with van der Waals surface area (Å²) in [6.07, 6.45) is 1.65. The van der Waals surface area contributed by atoms with Gasteiger partial charge < -0.3 is 4.98 Å². The number of aromatic amines is 1. The molecule has 5 heteroatoms. The quantitative estimate of drug-likeness (QED) is 0.641. The zero-order valence-electron chi connectivity index (χ0n) is 9.53. The molecule has 0 aliphatic rings. The topological polar surface area (TPSA) is 28.7 Å². The fourth-order valence-corrected chi connectivity index (χ4v) is 3.48. The summed E-state index contributed by atoms with van der Waals surface area (Å²) in [6, 6.07) is 7.81. The monoisotopic (exact) mass is 292 g/mol. The highest BCUT2D eigenvalue weighted by atomic mass is 35.5. The summed E-state index contributed by atoms with van der Waals surface area (Å²) in [5, 5.41) is 1.76. The third kappa shape index (κ3) is 1.86. The van der Waals surface area contributed by atoms with E-state index in [0.29, 0.717) is 0 Å². The summed E-state index contributed by atoms with van der Waals surface area (Å²) in [7, 11) is 0. The molecule has 1 N–H and O–H groups in total. The Bertz CT molecular complexity index is 772. The van der Waals surface area contributed by atoms with Crippen molar-refractivity contribution in [3.63, 3.8) is 0 Å². The Hall–Kier alpha value is -1.23. The lowest BCUT2D eigenvalue weighted by Crippen LogP contribution is -1.82. The second-order valence-electron chi connectivity index (χ2n) is 3.95. The van der Waals surface area contributed by atoms with Gasteiger partial charge in [0.25, 0.3) is 0 Å². The number of nitrogens with zero attached hydrogens (tertiary/aromatic N) is 1. The number of halogens is 1. The smallest absolute Gasteiger partial charge is 0.128 e. The maximum Gasteiger partial charge on any atom is 0.128 e. The maximum atomic E-state index is 5.93. The van der Waals surface area contributed by atoms with Crippen molar-refractivity contribution < 1.29 is 0 Å². The first-order valence-electron chi connectivity index (χ1n) is 5.39. The van der Waals surface area contributed by atoms with Crippen LogP contribution in [0.1, 0.15) is 4.88 Å². The Morgan fingerprint density at radius 2 is 2.00 bits per heavy atom. The number of H-pyrrole nitrogens is 1. The lowest BCUT2D eigenvalue weighted by molar-refractivity contribution is 1.22. The number of hydrogen-bond acceptors (Lipinski definition) is 3. The summed E-state index contributed by atoms with van der Waals surface area (Å²) < 4.78 is 0.731. The number of rotatable bonds is 1. The molecule has 2 heterocycles. The van der Waals surface area contributed by atoms with Gasteiger partial charge in [0.05, 0.1) is 11.7 Å². The Balaban J connectivity index is 2.38. The number of nitrogens with one attached hydrogen (secondary N) is 1. The standard InChI is InChI=1S/C13H9ClN2S2/c1-7-10(8-2-4-9(14)5-3-8)11-12(17)15-6-16-13(11)18-7/h2-6H,1H3,(H,15,16,17). The second-order valence-corrected chi connectivity index (χ2v) is 6.00. The molecule has 0 unspecified atom stereocenters. The van der Waals surface area contributed by atoms with Gasteiger partial charge in [0, 0.05) is 15.5 Å². The molecule has 0 radical (unpaired) electrons. The molecule has 0 aliphatic carbocycles. The molecule has 0 spiro atoms. The van der Waals surface area contributed by atoms with Crippen molar-refractivity contribution in [2.24, 2.45) is 0 Å².